The third-order valence-electron chi connectivity index (χ3n) is 3.32. The zero-order chi connectivity index (χ0) is 15.4. The molecule has 0 aromatic heterocycles. The standard InChI is InChI=1S/C14H18N4O3/c1-17-8-14(21)18(9-13(17)20)7-6-12(19)16-11-5-3-2-4-10(11)15/h2-5H,6-9,15H2,1H3,(H,16,19). The van der Waals surface area contributed by atoms with Crippen LogP contribution in [0.15, 0.2) is 24.3 Å². The lowest BCUT2D eigenvalue weighted by Gasteiger charge is -2.31. The van der Waals surface area contributed by atoms with Crippen LogP contribution in [-0.2, 0) is 14.4 Å². The first-order valence-electron chi connectivity index (χ1n) is 6.63. The van der Waals surface area contributed by atoms with Gasteiger partial charge in [-0.05, 0) is 12.1 Å². The van der Waals surface area contributed by atoms with Gasteiger partial charge in [0, 0.05) is 20.0 Å². The van der Waals surface area contributed by atoms with Gasteiger partial charge in [-0.2, -0.15) is 0 Å². The second kappa shape index (κ2) is 6.25. The summed E-state index contributed by atoms with van der Waals surface area (Å²) < 4.78 is 0. The van der Waals surface area contributed by atoms with Crippen molar-refractivity contribution >= 4 is 29.1 Å². The van der Waals surface area contributed by atoms with Gasteiger partial charge in [0.15, 0.2) is 0 Å². The predicted octanol–water partition coefficient (Wildman–Crippen LogP) is -0.102. The van der Waals surface area contributed by atoms with Gasteiger partial charge in [-0.15, -0.1) is 0 Å². The summed E-state index contributed by atoms with van der Waals surface area (Å²) in [5.74, 6) is -0.515. The van der Waals surface area contributed by atoms with E-state index in [0.717, 1.165) is 0 Å². The molecular formula is C14H18N4O3. The van der Waals surface area contributed by atoms with Crippen LogP contribution in [0.4, 0.5) is 11.4 Å². The fraction of sp³-hybridized carbons (Fsp3) is 0.357. The number of carbonyl (C=O) groups excluding carboxylic acids is 3. The number of hydrogen-bond donors (Lipinski definition) is 2. The van der Waals surface area contributed by atoms with Crippen LogP contribution in [0.2, 0.25) is 0 Å². The highest BCUT2D eigenvalue weighted by Gasteiger charge is 2.27. The molecule has 1 heterocycles. The van der Waals surface area contributed by atoms with Crippen LogP contribution in [0.5, 0.6) is 0 Å². The second-order valence-corrected chi connectivity index (χ2v) is 4.95. The molecule has 21 heavy (non-hydrogen) atoms. The van der Waals surface area contributed by atoms with E-state index >= 15 is 0 Å². The number of nitrogens with one attached hydrogen (secondary N) is 1. The van der Waals surface area contributed by atoms with Crippen molar-refractivity contribution in [3.8, 4) is 0 Å². The Morgan fingerprint density at radius 2 is 1.95 bits per heavy atom. The van der Waals surface area contributed by atoms with Crippen molar-refractivity contribution in [1.29, 1.82) is 0 Å². The Bertz CT molecular complexity index is 573. The molecule has 1 saturated heterocycles. The van der Waals surface area contributed by atoms with Crippen molar-refractivity contribution in [3.05, 3.63) is 24.3 Å². The van der Waals surface area contributed by atoms with Gasteiger partial charge in [0.25, 0.3) is 0 Å². The molecule has 112 valence electrons. The number of carbonyl (C=O) groups is 3. The third kappa shape index (κ3) is 3.71. The number of nitrogens with two attached hydrogens (primary N) is 1. The van der Waals surface area contributed by atoms with E-state index < -0.39 is 0 Å². The fourth-order valence-corrected chi connectivity index (χ4v) is 2.03. The van der Waals surface area contributed by atoms with Crippen LogP contribution >= 0.6 is 0 Å². The minimum atomic E-state index is -0.243. The van der Waals surface area contributed by atoms with Crippen molar-refractivity contribution in [1.82, 2.24) is 9.80 Å². The smallest absolute Gasteiger partial charge is 0.242 e. The zero-order valence-electron chi connectivity index (χ0n) is 11.8. The number of piperazine rings is 1. The molecule has 0 aliphatic carbocycles. The Kier molecular flexibility index (Phi) is 4.42. The first kappa shape index (κ1) is 14.8. The van der Waals surface area contributed by atoms with Gasteiger partial charge < -0.3 is 20.9 Å². The molecule has 0 spiro atoms. The normalized spacial score (nSPS) is 15.3. The summed E-state index contributed by atoms with van der Waals surface area (Å²) in [6.07, 6.45) is 0.122. The lowest BCUT2D eigenvalue weighted by molar-refractivity contribution is -0.149. The molecule has 0 bridgehead atoms. The number of nitrogen functional groups attached to an aromatic ring is 1. The summed E-state index contributed by atoms with van der Waals surface area (Å²) in [5.41, 5.74) is 6.76. The maximum Gasteiger partial charge on any atom is 0.242 e. The number of rotatable bonds is 4. The van der Waals surface area contributed by atoms with Crippen LogP contribution in [0.1, 0.15) is 6.42 Å². The lowest BCUT2D eigenvalue weighted by atomic mass is 10.2. The molecule has 0 saturated carbocycles. The van der Waals surface area contributed by atoms with E-state index in [2.05, 4.69) is 5.32 Å². The first-order valence-corrected chi connectivity index (χ1v) is 6.63. The average Bonchev–Trinajstić information content (AvgIpc) is 2.44. The largest absolute Gasteiger partial charge is 0.397 e. The van der Waals surface area contributed by atoms with E-state index in [1.807, 2.05) is 0 Å². The van der Waals surface area contributed by atoms with Gasteiger partial charge in [0.05, 0.1) is 24.5 Å². The topological polar surface area (TPSA) is 95.7 Å². The van der Waals surface area contributed by atoms with Gasteiger partial charge in [-0.1, -0.05) is 12.1 Å². The number of benzene rings is 1. The van der Waals surface area contributed by atoms with Crippen LogP contribution in [0, 0.1) is 0 Å². The summed E-state index contributed by atoms with van der Waals surface area (Å²) >= 11 is 0. The van der Waals surface area contributed by atoms with Crippen molar-refractivity contribution in [3.63, 3.8) is 0 Å². The minimum absolute atomic E-state index is 0.0239. The average molecular weight is 290 g/mol. The molecule has 2 rings (SSSR count). The summed E-state index contributed by atoms with van der Waals surface area (Å²) in [4.78, 5) is 37.9. The molecule has 7 nitrogen and oxygen atoms in total. The highest BCUT2D eigenvalue weighted by atomic mass is 16.2. The maximum atomic E-state index is 11.9. The number of hydrogen-bond acceptors (Lipinski definition) is 4. The highest BCUT2D eigenvalue weighted by molar-refractivity contribution is 5.95. The maximum absolute atomic E-state index is 11.9. The van der Waals surface area contributed by atoms with Gasteiger partial charge in [-0.25, -0.2) is 0 Å². The Morgan fingerprint density at radius 1 is 1.24 bits per heavy atom. The minimum Gasteiger partial charge on any atom is -0.397 e. The van der Waals surface area contributed by atoms with Crippen LogP contribution in [0.3, 0.4) is 0 Å². The first-order chi connectivity index (χ1) is 9.97. The molecule has 0 unspecified atom stereocenters. The summed E-state index contributed by atoms with van der Waals surface area (Å²) in [7, 11) is 1.59. The molecule has 1 fully saturated rings. The fourth-order valence-electron chi connectivity index (χ4n) is 2.03. The van der Waals surface area contributed by atoms with E-state index in [4.69, 9.17) is 5.73 Å². The number of amides is 3. The number of anilines is 2. The molecule has 1 aliphatic rings. The van der Waals surface area contributed by atoms with E-state index in [0.29, 0.717) is 11.4 Å². The zero-order valence-corrected chi connectivity index (χ0v) is 11.8. The third-order valence-corrected chi connectivity index (χ3v) is 3.32. The van der Waals surface area contributed by atoms with Gasteiger partial charge >= 0.3 is 0 Å². The Balaban J connectivity index is 1.85. The SMILES string of the molecule is CN1CC(=O)N(CCC(=O)Nc2ccccc2N)CC1=O. The summed E-state index contributed by atoms with van der Waals surface area (Å²) in [5, 5.41) is 2.69. The number of likely N-dealkylation sites (N-methyl/N-ethyl adjacent to an activating group) is 1. The van der Waals surface area contributed by atoms with Gasteiger partial charge in [0.1, 0.15) is 0 Å². The molecule has 0 radical (unpaired) electrons. The molecule has 1 aliphatic heterocycles. The van der Waals surface area contributed by atoms with Gasteiger partial charge in [0.2, 0.25) is 17.7 Å². The van der Waals surface area contributed by atoms with Crippen molar-refractivity contribution in [2.75, 3.05) is 37.7 Å². The Hall–Kier alpha value is -2.57. The molecule has 1 aromatic carbocycles. The molecule has 1 aromatic rings. The molecular weight excluding hydrogens is 272 g/mol. The summed E-state index contributed by atoms with van der Waals surface area (Å²) in [6, 6.07) is 6.95. The summed E-state index contributed by atoms with van der Waals surface area (Å²) in [6.45, 7) is 0.305. The van der Waals surface area contributed by atoms with E-state index in [1.165, 1.54) is 9.80 Å². The predicted molar refractivity (Wildman–Crippen MR) is 78.3 cm³/mol. The van der Waals surface area contributed by atoms with E-state index in [9.17, 15) is 14.4 Å². The molecule has 3 N–H and O–H groups in total. The van der Waals surface area contributed by atoms with Crippen LogP contribution < -0.4 is 11.1 Å². The second-order valence-electron chi connectivity index (χ2n) is 4.95. The Labute approximate surface area is 122 Å². The Morgan fingerprint density at radius 3 is 2.67 bits per heavy atom. The number of para-hydroxylation sites is 2. The van der Waals surface area contributed by atoms with Crippen molar-refractivity contribution in [2.45, 2.75) is 6.42 Å². The highest BCUT2D eigenvalue weighted by Crippen LogP contribution is 2.16. The van der Waals surface area contributed by atoms with E-state index in [-0.39, 0.29) is 43.8 Å². The van der Waals surface area contributed by atoms with Crippen molar-refractivity contribution in [2.24, 2.45) is 0 Å². The molecule has 0 atom stereocenters. The quantitative estimate of drug-likeness (QED) is 0.757. The van der Waals surface area contributed by atoms with Crippen molar-refractivity contribution < 1.29 is 14.4 Å². The molecule has 7 heteroatoms. The number of nitrogens with zero attached hydrogens (tertiary/aromatic N) is 2. The van der Waals surface area contributed by atoms with Gasteiger partial charge in [-0.3, -0.25) is 14.4 Å². The van der Waals surface area contributed by atoms with Crippen LogP contribution in [-0.4, -0.2) is 54.2 Å². The lowest BCUT2D eigenvalue weighted by Crippen LogP contribution is -2.52. The van der Waals surface area contributed by atoms with Crippen LogP contribution in [0.25, 0.3) is 0 Å². The van der Waals surface area contributed by atoms with E-state index in [1.54, 1.807) is 31.3 Å². The monoisotopic (exact) mass is 290 g/mol. The molecule has 3 amide bonds.